The number of hydrogen-bond donors (Lipinski definition) is 2. The Balaban J connectivity index is 2.57. The molecule has 0 saturated carbocycles. The van der Waals surface area contributed by atoms with Crippen LogP contribution in [-0.4, -0.2) is 34.4 Å². The molecule has 18 heavy (non-hydrogen) atoms. The van der Waals surface area contributed by atoms with Crippen LogP contribution in [-0.2, 0) is 0 Å². The van der Waals surface area contributed by atoms with Crippen LogP contribution in [0.25, 0.3) is 10.8 Å². The number of fused-ring (bicyclic) bond motifs is 1. The van der Waals surface area contributed by atoms with E-state index in [2.05, 4.69) is 18.8 Å². The minimum Gasteiger partial charge on any atom is -0.508 e. The number of rotatable bonds is 4. The van der Waals surface area contributed by atoms with Gasteiger partial charge in [0.2, 0.25) is 0 Å². The van der Waals surface area contributed by atoms with Crippen LogP contribution in [0.4, 0.5) is 5.82 Å². The summed E-state index contributed by atoms with van der Waals surface area (Å²) in [6, 6.07) is 7.39. The van der Waals surface area contributed by atoms with E-state index in [1.807, 2.05) is 17.0 Å². The van der Waals surface area contributed by atoms with Gasteiger partial charge in [0.1, 0.15) is 11.6 Å². The molecule has 0 aliphatic carbocycles. The number of aromatic nitrogens is 1. The Morgan fingerprint density at radius 1 is 1.28 bits per heavy atom. The van der Waals surface area contributed by atoms with Crippen LogP contribution < -0.4 is 4.90 Å². The highest BCUT2D eigenvalue weighted by molar-refractivity contribution is 5.93. The zero-order chi connectivity index (χ0) is 13.1. The summed E-state index contributed by atoms with van der Waals surface area (Å²) in [5, 5.41) is 20.7. The van der Waals surface area contributed by atoms with Crippen molar-refractivity contribution < 1.29 is 10.2 Å². The van der Waals surface area contributed by atoms with Gasteiger partial charge in [-0.15, -0.1) is 0 Å². The van der Waals surface area contributed by atoms with E-state index in [1.54, 1.807) is 18.3 Å². The Labute approximate surface area is 107 Å². The van der Waals surface area contributed by atoms with Crippen molar-refractivity contribution in [3.8, 4) is 5.75 Å². The van der Waals surface area contributed by atoms with Gasteiger partial charge in [-0.05, 0) is 37.4 Å². The lowest BCUT2D eigenvalue weighted by Crippen LogP contribution is -2.34. The van der Waals surface area contributed by atoms with E-state index in [0.717, 1.165) is 16.6 Å². The second-order valence-electron chi connectivity index (χ2n) is 4.55. The summed E-state index contributed by atoms with van der Waals surface area (Å²) < 4.78 is 0. The number of benzene rings is 1. The highest BCUT2D eigenvalue weighted by atomic mass is 16.3. The van der Waals surface area contributed by atoms with E-state index in [4.69, 9.17) is 5.11 Å². The van der Waals surface area contributed by atoms with E-state index >= 15 is 0 Å². The normalized spacial score (nSPS) is 11.1. The van der Waals surface area contributed by atoms with Gasteiger partial charge in [0, 0.05) is 24.2 Å². The van der Waals surface area contributed by atoms with E-state index in [1.165, 1.54) is 0 Å². The van der Waals surface area contributed by atoms with Crippen molar-refractivity contribution in [2.45, 2.75) is 19.9 Å². The third-order valence-electron chi connectivity index (χ3n) is 2.96. The Morgan fingerprint density at radius 3 is 2.72 bits per heavy atom. The topological polar surface area (TPSA) is 56.6 Å². The number of anilines is 1. The lowest BCUT2D eigenvalue weighted by molar-refractivity contribution is 0.299. The molecule has 4 nitrogen and oxygen atoms in total. The molecule has 4 heteroatoms. The molecule has 0 bridgehead atoms. The smallest absolute Gasteiger partial charge is 0.136 e. The quantitative estimate of drug-likeness (QED) is 0.868. The molecule has 2 rings (SSSR count). The number of aromatic hydroxyl groups is 1. The first-order chi connectivity index (χ1) is 8.63. The van der Waals surface area contributed by atoms with Crippen LogP contribution in [0.2, 0.25) is 0 Å². The molecule has 0 aliphatic heterocycles. The molecule has 0 atom stereocenters. The fourth-order valence-electron chi connectivity index (χ4n) is 2.09. The van der Waals surface area contributed by atoms with Crippen molar-refractivity contribution in [1.29, 1.82) is 0 Å². The van der Waals surface area contributed by atoms with Gasteiger partial charge in [-0.25, -0.2) is 4.98 Å². The Kier molecular flexibility index (Phi) is 3.67. The number of aliphatic hydroxyl groups is 1. The maximum atomic E-state index is 9.61. The average Bonchev–Trinajstić information content (AvgIpc) is 2.35. The summed E-state index contributed by atoms with van der Waals surface area (Å²) in [6.07, 6.45) is 1.75. The molecule has 0 spiro atoms. The Bertz CT molecular complexity index is 540. The number of aliphatic hydroxyl groups excluding tert-OH is 1. The van der Waals surface area contributed by atoms with Crippen LogP contribution in [0.15, 0.2) is 30.5 Å². The molecule has 1 aromatic heterocycles. The third kappa shape index (κ3) is 2.38. The highest BCUT2D eigenvalue weighted by Crippen LogP contribution is 2.28. The monoisotopic (exact) mass is 246 g/mol. The first-order valence-corrected chi connectivity index (χ1v) is 6.08. The zero-order valence-corrected chi connectivity index (χ0v) is 10.7. The van der Waals surface area contributed by atoms with Crippen LogP contribution in [0.5, 0.6) is 5.75 Å². The summed E-state index contributed by atoms with van der Waals surface area (Å²) in [5.74, 6) is 1.02. The molecule has 2 aromatic rings. The molecule has 1 aromatic carbocycles. The van der Waals surface area contributed by atoms with Crippen LogP contribution in [0, 0.1) is 0 Å². The standard InChI is InChI=1S/C14H18N2O2/c1-10(2)16(7-8-17)14-13-9-12(18)4-3-11(13)5-6-15-14/h3-6,9-10,17-18H,7-8H2,1-2H3. The Morgan fingerprint density at radius 2 is 2.06 bits per heavy atom. The largest absolute Gasteiger partial charge is 0.508 e. The van der Waals surface area contributed by atoms with Gasteiger partial charge in [-0.2, -0.15) is 0 Å². The lowest BCUT2D eigenvalue weighted by Gasteiger charge is -2.28. The maximum Gasteiger partial charge on any atom is 0.136 e. The first-order valence-electron chi connectivity index (χ1n) is 6.08. The molecule has 0 fully saturated rings. The summed E-state index contributed by atoms with van der Waals surface area (Å²) in [7, 11) is 0. The van der Waals surface area contributed by atoms with E-state index in [0.29, 0.717) is 6.54 Å². The SMILES string of the molecule is CC(C)N(CCO)c1nccc2ccc(O)cc12. The number of pyridine rings is 1. The van der Waals surface area contributed by atoms with Gasteiger partial charge in [-0.1, -0.05) is 6.07 Å². The molecule has 1 heterocycles. The van der Waals surface area contributed by atoms with Gasteiger partial charge >= 0.3 is 0 Å². The van der Waals surface area contributed by atoms with Crippen molar-refractivity contribution in [2.24, 2.45) is 0 Å². The summed E-state index contributed by atoms with van der Waals surface area (Å²) in [4.78, 5) is 6.42. The molecular formula is C14H18N2O2. The summed E-state index contributed by atoms with van der Waals surface area (Å²) in [5.41, 5.74) is 0. The zero-order valence-electron chi connectivity index (χ0n) is 10.7. The number of nitrogens with zero attached hydrogens (tertiary/aromatic N) is 2. The molecular weight excluding hydrogens is 228 g/mol. The molecule has 96 valence electrons. The van der Waals surface area contributed by atoms with Crippen LogP contribution in [0.3, 0.4) is 0 Å². The van der Waals surface area contributed by atoms with Gasteiger partial charge in [-0.3, -0.25) is 0 Å². The lowest BCUT2D eigenvalue weighted by atomic mass is 10.1. The molecule has 0 saturated heterocycles. The third-order valence-corrected chi connectivity index (χ3v) is 2.96. The number of hydrogen-bond acceptors (Lipinski definition) is 4. The van der Waals surface area contributed by atoms with Gasteiger partial charge in [0.15, 0.2) is 0 Å². The second kappa shape index (κ2) is 5.23. The van der Waals surface area contributed by atoms with Crippen molar-refractivity contribution >= 4 is 16.6 Å². The first kappa shape index (κ1) is 12.6. The molecule has 2 N–H and O–H groups in total. The molecule has 0 radical (unpaired) electrons. The number of phenols is 1. The average molecular weight is 246 g/mol. The highest BCUT2D eigenvalue weighted by Gasteiger charge is 2.14. The Hall–Kier alpha value is -1.81. The van der Waals surface area contributed by atoms with Crippen molar-refractivity contribution in [3.05, 3.63) is 30.5 Å². The van der Waals surface area contributed by atoms with Crippen molar-refractivity contribution in [3.63, 3.8) is 0 Å². The fraction of sp³-hybridized carbons (Fsp3) is 0.357. The molecule has 0 aliphatic rings. The van der Waals surface area contributed by atoms with Gasteiger partial charge < -0.3 is 15.1 Å². The fourth-order valence-corrected chi connectivity index (χ4v) is 2.09. The second-order valence-corrected chi connectivity index (χ2v) is 4.55. The van der Waals surface area contributed by atoms with E-state index in [9.17, 15) is 5.11 Å². The summed E-state index contributed by atoms with van der Waals surface area (Å²) >= 11 is 0. The van der Waals surface area contributed by atoms with Crippen LogP contribution in [0.1, 0.15) is 13.8 Å². The summed E-state index contributed by atoms with van der Waals surface area (Å²) in [6.45, 7) is 4.71. The maximum absolute atomic E-state index is 9.61. The predicted octanol–water partition coefficient (Wildman–Crippen LogP) is 2.15. The minimum atomic E-state index is 0.0784. The van der Waals surface area contributed by atoms with Crippen molar-refractivity contribution in [2.75, 3.05) is 18.1 Å². The molecule has 0 amide bonds. The number of phenolic OH excluding ortho intramolecular Hbond substituents is 1. The van der Waals surface area contributed by atoms with E-state index in [-0.39, 0.29) is 18.4 Å². The van der Waals surface area contributed by atoms with Gasteiger partial charge in [0.05, 0.1) is 6.61 Å². The van der Waals surface area contributed by atoms with Crippen molar-refractivity contribution in [1.82, 2.24) is 4.98 Å². The van der Waals surface area contributed by atoms with Crippen LogP contribution >= 0.6 is 0 Å². The van der Waals surface area contributed by atoms with Gasteiger partial charge in [0.25, 0.3) is 0 Å². The predicted molar refractivity (Wildman–Crippen MR) is 73.0 cm³/mol. The molecule has 0 unspecified atom stereocenters. The minimum absolute atomic E-state index is 0.0784. The van der Waals surface area contributed by atoms with E-state index < -0.39 is 0 Å².